The molecule has 2 aromatic carbocycles. The Morgan fingerprint density at radius 3 is 2.81 bits per heavy atom. The van der Waals surface area contributed by atoms with Crippen molar-refractivity contribution in [3.8, 4) is 11.5 Å². The van der Waals surface area contributed by atoms with E-state index < -0.39 is 0 Å². The van der Waals surface area contributed by atoms with E-state index in [4.69, 9.17) is 32.7 Å². The van der Waals surface area contributed by atoms with Crippen molar-refractivity contribution < 1.29 is 14.3 Å². The summed E-state index contributed by atoms with van der Waals surface area (Å²) >= 11 is 16.8. The molecular weight excluding hydrogens is 463 g/mol. The predicted molar refractivity (Wildman–Crippen MR) is 108 cm³/mol. The summed E-state index contributed by atoms with van der Waals surface area (Å²) in [6.07, 6.45) is 1.76. The number of halogens is 3. The summed E-state index contributed by atoms with van der Waals surface area (Å²) in [5.74, 6) is 1.07. The number of nitrogens with one attached hydrogen (secondary N) is 1. The van der Waals surface area contributed by atoms with Crippen molar-refractivity contribution in [1.29, 1.82) is 0 Å². The minimum absolute atomic E-state index is 0.189. The number of nitrogens with zero attached hydrogens (tertiary/aromatic N) is 1. The molecule has 2 aliphatic rings. The Morgan fingerprint density at radius 1 is 1.23 bits per heavy atom. The SMILES string of the molecule is O=C1NC(=Nc2cccc(Cl)c2Cl)S/C1=C/c1cc2c(cc1Br)OCO2. The maximum Gasteiger partial charge on any atom is 0.264 e. The number of amidine groups is 1. The van der Waals surface area contributed by atoms with Crippen LogP contribution in [0.1, 0.15) is 5.56 Å². The number of thioether (sulfide) groups is 1. The lowest BCUT2D eigenvalue weighted by molar-refractivity contribution is -0.115. The van der Waals surface area contributed by atoms with E-state index in [1.54, 1.807) is 24.3 Å². The zero-order valence-corrected chi connectivity index (χ0v) is 16.8. The molecular formula is C17H9BrCl2N2O3S. The normalized spacial score (nSPS) is 18.7. The average Bonchev–Trinajstić information content (AvgIpc) is 3.18. The van der Waals surface area contributed by atoms with E-state index in [0.29, 0.717) is 37.3 Å². The van der Waals surface area contributed by atoms with Crippen LogP contribution < -0.4 is 14.8 Å². The molecule has 0 spiro atoms. The Kier molecular flexibility index (Phi) is 4.88. The van der Waals surface area contributed by atoms with Gasteiger partial charge in [0.25, 0.3) is 5.91 Å². The van der Waals surface area contributed by atoms with E-state index >= 15 is 0 Å². The largest absolute Gasteiger partial charge is 0.454 e. The molecule has 1 saturated heterocycles. The van der Waals surface area contributed by atoms with Crippen molar-refractivity contribution in [2.24, 2.45) is 4.99 Å². The Labute approximate surface area is 171 Å². The number of benzene rings is 2. The fourth-order valence-electron chi connectivity index (χ4n) is 2.35. The van der Waals surface area contributed by atoms with Crippen LogP contribution in [0.25, 0.3) is 6.08 Å². The first-order chi connectivity index (χ1) is 12.5. The maximum atomic E-state index is 12.3. The molecule has 0 unspecified atom stereocenters. The molecule has 2 aromatic rings. The third kappa shape index (κ3) is 3.44. The van der Waals surface area contributed by atoms with Gasteiger partial charge in [-0.05, 0) is 47.7 Å². The predicted octanol–water partition coefficient (Wildman–Crippen LogP) is 5.38. The summed E-state index contributed by atoms with van der Waals surface area (Å²) in [5, 5.41) is 3.90. The lowest BCUT2D eigenvalue weighted by Gasteiger charge is -2.02. The minimum Gasteiger partial charge on any atom is -0.454 e. The van der Waals surface area contributed by atoms with Crippen molar-refractivity contribution in [3.05, 3.63) is 55.3 Å². The number of hydrogen-bond acceptors (Lipinski definition) is 5. The third-order valence-electron chi connectivity index (χ3n) is 3.58. The highest BCUT2D eigenvalue weighted by Gasteiger charge is 2.25. The first-order valence-corrected chi connectivity index (χ1v) is 9.70. The van der Waals surface area contributed by atoms with Gasteiger partial charge in [-0.2, -0.15) is 0 Å². The quantitative estimate of drug-likeness (QED) is 0.597. The molecule has 1 N–H and O–H groups in total. The third-order valence-corrected chi connectivity index (χ3v) is 5.99. The van der Waals surface area contributed by atoms with Crippen LogP contribution in [0.5, 0.6) is 11.5 Å². The van der Waals surface area contributed by atoms with E-state index in [0.717, 1.165) is 10.0 Å². The first-order valence-electron chi connectivity index (χ1n) is 7.34. The van der Waals surface area contributed by atoms with Gasteiger partial charge in [0.15, 0.2) is 16.7 Å². The van der Waals surface area contributed by atoms with Crippen LogP contribution in [0.15, 0.2) is 44.7 Å². The number of ether oxygens (including phenoxy) is 2. The molecule has 1 fully saturated rings. The summed E-state index contributed by atoms with van der Waals surface area (Å²) in [6.45, 7) is 0.189. The van der Waals surface area contributed by atoms with Crippen LogP contribution in [-0.4, -0.2) is 17.9 Å². The van der Waals surface area contributed by atoms with E-state index in [2.05, 4.69) is 26.2 Å². The molecule has 9 heteroatoms. The van der Waals surface area contributed by atoms with E-state index in [-0.39, 0.29) is 12.7 Å². The van der Waals surface area contributed by atoms with Gasteiger partial charge in [-0.15, -0.1) is 0 Å². The number of rotatable bonds is 2. The Bertz CT molecular complexity index is 994. The number of hydrogen-bond donors (Lipinski definition) is 1. The highest BCUT2D eigenvalue weighted by atomic mass is 79.9. The zero-order chi connectivity index (χ0) is 18.3. The van der Waals surface area contributed by atoms with Crippen molar-refractivity contribution >= 4 is 73.7 Å². The van der Waals surface area contributed by atoms with Crippen molar-refractivity contribution in [2.75, 3.05) is 6.79 Å². The highest BCUT2D eigenvalue weighted by molar-refractivity contribution is 9.10. The molecule has 2 aliphatic heterocycles. The second-order valence-electron chi connectivity index (χ2n) is 5.28. The standard InChI is InChI=1S/C17H9BrCl2N2O3S/c18-9-6-13-12(24-7-25-13)4-8(9)5-14-16(23)22-17(26-14)21-11-3-1-2-10(19)15(11)20/h1-6H,7H2,(H,21,22,23)/b14-5+. The Morgan fingerprint density at radius 2 is 2.00 bits per heavy atom. The Hall–Kier alpha value is -1.67. The van der Waals surface area contributed by atoms with Crippen molar-refractivity contribution in [2.45, 2.75) is 0 Å². The molecule has 0 aliphatic carbocycles. The number of carbonyl (C=O) groups excluding carboxylic acids is 1. The molecule has 0 aromatic heterocycles. The van der Waals surface area contributed by atoms with Crippen LogP contribution in [-0.2, 0) is 4.79 Å². The van der Waals surface area contributed by atoms with Gasteiger partial charge >= 0.3 is 0 Å². The summed E-state index contributed by atoms with van der Waals surface area (Å²) in [6, 6.07) is 8.78. The fourth-order valence-corrected chi connectivity index (χ4v) is 3.95. The molecule has 0 bridgehead atoms. The first kappa shape index (κ1) is 17.7. The summed E-state index contributed by atoms with van der Waals surface area (Å²) in [4.78, 5) is 17.1. The van der Waals surface area contributed by atoms with Gasteiger partial charge in [0, 0.05) is 4.47 Å². The number of amides is 1. The van der Waals surface area contributed by atoms with Crippen LogP contribution in [0.4, 0.5) is 5.69 Å². The molecule has 2 heterocycles. The molecule has 26 heavy (non-hydrogen) atoms. The summed E-state index contributed by atoms with van der Waals surface area (Å²) in [5.41, 5.74) is 1.29. The van der Waals surface area contributed by atoms with Crippen molar-refractivity contribution in [1.82, 2.24) is 5.32 Å². The molecule has 0 radical (unpaired) electrons. The van der Waals surface area contributed by atoms with Gasteiger partial charge < -0.3 is 14.8 Å². The van der Waals surface area contributed by atoms with Gasteiger partial charge in [-0.1, -0.05) is 45.2 Å². The highest BCUT2D eigenvalue weighted by Crippen LogP contribution is 2.39. The molecule has 0 atom stereocenters. The maximum absolute atomic E-state index is 12.3. The van der Waals surface area contributed by atoms with Crippen LogP contribution in [0.3, 0.4) is 0 Å². The molecule has 0 saturated carbocycles. The molecule has 5 nitrogen and oxygen atoms in total. The van der Waals surface area contributed by atoms with E-state index in [1.807, 2.05) is 12.1 Å². The topological polar surface area (TPSA) is 59.9 Å². The summed E-state index contributed by atoms with van der Waals surface area (Å²) < 4.78 is 11.5. The lowest BCUT2D eigenvalue weighted by atomic mass is 10.2. The van der Waals surface area contributed by atoms with E-state index in [9.17, 15) is 4.79 Å². The summed E-state index contributed by atoms with van der Waals surface area (Å²) in [7, 11) is 0. The average molecular weight is 472 g/mol. The van der Waals surface area contributed by atoms with Crippen LogP contribution >= 0.6 is 50.9 Å². The molecule has 4 rings (SSSR count). The van der Waals surface area contributed by atoms with Gasteiger partial charge in [-0.3, -0.25) is 4.79 Å². The second kappa shape index (κ2) is 7.15. The molecule has 1 amide bonds. The lowest BCUT2D eigenvalue weighted by Crippen LogP contribution is -2.19. The van der Waals surface area contributed by atoms with Gasteiger partial charge in [0.05, 0.1) is 20.6 Å². The fraction of sp³-hybridized carbons (Fsp3) is 0.0588. The van der Waals surface area contributed by atoms with Crippen LogP contribution in [0, 0.1) is 0 Å². The smallest absolute Gasteiger partial charge is 0.264 e. The zero-order valence-electron chi connectivity index (χ0n) is 12.9. The minimum atomic E-state index is -0.239. The van der Waals surface area contributed by atoms with Gasteiger partial charge in [-0.25, -0.2) is 4.99 Å². The molecule has 132 valence electrons. The van der Waals surface area contributed by atoms with Crippen LogP contribution in [0.2, 0.25) is 10.0 Å². The Balaban J connectivity index is 1.63. The van der Waals surface area contributed by atoms with E-state index in [1.165, 1.54) is 11.8 Å². The monoisotopic (exact) mass is 470 g/mol. The van der Waals surface area contributed by atoms with Gasteiger partial charge in [0.1, 0.15) is 0 Å². The second-order valence-corrected chi connectivity index (χ2v) is 7.95. The van der Waals surface area contributed by atoms with Gasteiger partial charge in [0.2, 0.25) is 6.79 Å². The number of aliphatic imine (C=N–C) groups is 1. The number of carbonyl (C=O) groups is 1. The number of fused-ring (bicyclic) bond motifs is 1. The van der Waals surface area contributed by atoms with Crippen molar-refractivity contribution in [3.63, 3.8) is 0 Å².